The van der Waals surface area contributed by atoms with Crippen LogP contribution in [0.5, 0.6) is 0 Å². The van der Waals surface area contributed by atoms with E-state index >= 15 is 0 Å². The Kier molecular flexibility index (Phi) is 6.17. The second-order valence-corrected chi connectivity index (χ2v) is 6.69. The van der Waals surface area contributed by atoms with Crippen LogP contribution in [0.15, 0.2) is 30.5 Å². The number of methoxy groups -OCH3 is 1. The first kappa shape index (κ1) is 18.3. The van der Waals surface area contributed by atoms with Crippen LogP contribution in [0, 0.1) is 0 Å². The van der Waals surface area contributed by atoms with Crippen LogP contribution < -0.4 is 11.1 Å². The molecule has 3 rings (SSSR count). The molecule has 1 aliphatic rings. The molecule has 2 aromatic rings. The molecule has 6 heteroatoms. The summed E-state index contributed by atoms with van der Waals surface area (Å²) >= 11 is 0. The normalized spacial score (nSPS) is 14.2. The Balaban J connectivity index is 1.48. The van der Waals surface area contributed by atoms with E-state index < -0.39 is 12.0 Å². The highest BCUT2D eigenvalue weighted by molar-refractivity contribution is 5.75. The molecule has 0 spiro atoms. The van der Waals surface area contributed by atoms with E-state index in [0.29, 0.717) is 6.42 Å². The zero-order valence-electron chi connectivity index (χ0n) is 15.2. The molecule has 0 bridgehead atoms. The van der Waals surface area contributed by atoms with Crippen molar-refractivity contribution in [2.45, 2.75) is 44.6 Å². The van der Waals surface area contributed by atoms with Crippen LogP contribution in [0.4, 0.5) is 5.82 Å². The number of nitrogens with zero attached hydrogens (tertiary/aromatic N) is 2. The van der Waals surface area contributed by atoms with E-state index in [-0.39, 0.29) is 0 Å². The molecule has 2 aromatic heterocycles. The van der Waals surface area contributed by atoms with Gasteiger partial charge in [-0.3, -0.25) is 9.78 Å². The Morgan fingerprint density at radius 1 is 1.27 bits per heavy atom. The first-order valence-corrected chi connectivity index (χ1v) is 9.15. The Labute approximate surface area is 154 Å². The number of anilines is 1. The molecule has 0 radical (unpaired) electrons. The number of aryl methyl sites for hydroxylation is 3. The Bertz CT molecular complexity index is 746. The molecular weight excluding hydrogens is 328 g/mol. The first-order valence-electron chi connectivity index (χ1n) is 9.15. The minimum Gasteiger partial charge on any atom is -0.468 e. The van der Waals surface area contributed by atoms with E-state index in [9.17, 15) is 4.79 Å². The molecule has 0 unspecified atom stereocenters. The van der Waals surface area contributed by atoms with Gasteiger partial charge in [-0.25, -0.2) is 4.98 Å². The molecule has 1 atom stereocenters. The van der Waals surface area contributed by atoms with E-state index in [1.165, 1.54) is 24.7 Å². The molecule has 0 aromatic carbocycles. The van der Waals surface area contributed by atoms with Crippen molar-refractivity contribution in [2.24, 2.45) is 5.73 Å². The molecule has 0 saturated carbocycles. The summed E-state index contributed by atoms with van der Waals surface area (Å²) in [6.45, 7) is 1.01. The number of aromatic nitrogens is 2. The van der Waals surface area contributed by atoms with Gasteiger partial charge < -0.3 is 15.8 Å². The smallest absolute Gasteiger partial charge is 0.323 e. The van der Waals surface area contributed by atoms with Gasteiger partial charge in [-0.05, 0) is 55.4 Å². The summed E-state index contributed by atoms with van der Waals surface area (Å²) in [5.41, 5.74) is 10.2. The standard InChI is InChI=1S/C20H26N4O2/c1-26-20(25)18(21)12-17-9-7-14(13-23-17)4-2-6-16-10-8-15-5-3-11-22-19(15)24-16/h7-10,13,18H,2-6,11-12,21H2,1H3,(H,22,24)/t18-/m0/s1. The van der Waals surface area contributed by atoms with Gasteiger partial charge in [0.15, 0.2) is 0 Å². The van der Waals surface area contributed by atoms with E-state index in [1.54, 1.807) is 0 Å². The second kappa shape index (κ2) is 8.76. The number of fused-ring (bicyclic) bond motifs is 1. The highest BCUT2D eigenvalue weighted by Gasteiger charge is 2.15. The third-order valence-corrected chi connectivity index (χ3v) is 4.67. The van der Waals surface area contributed by atoms with Gasteiger partial charge in [0.1, 0.15) is 11.9 Å². The predicted molar refractivity (Wildman–Crippen MR) is 101 cm³/mol. The monoisotopic (exact) mass is 354 g/mol. The molecule has 3 heterocycles. The van der Waals surface area contributed by atoms with Crippen molar-refractivity contribution in [3.63, 3.8) is 0 Å². The summed E-state index contributed by atoms with van der Waals surface area (Å²) in [4.78, 5) is 20.5. The molecule has 0 fully saturated rings. The molecule has 0 amide bonds. The lowest BCUT2D eigenvalue weighted by Crippen LogP contribution is -2.33. The van der Waals surface area contributed by atoms with Gasteiger partial charge >= 0.3 is 5.97 Å². The Morgan fingerprint density at radius 2 is 2.12 bits per heavy atom. The van der Waals surface area contributed by atoms with Crippen molar-refractivity contribution >= 4 is 11.8 Å². The number of hydrogen-bond acceptors (Lipinski definition) is 6. The molecule has 138 valence electrons. The van der Waals surface area contributed by atoms with Crippen molar-refractivity contribution < 1.29 is 9.53 Å². The summed E-state index contributed by atoms with van der Waals surface area (Å²) in [5.74, 6) is 0.643. The lowest BCUT2D eigenvalue weighted by atomic mass is 10.0. The van der Waals surface area contributed by atoms with Crippen LogP contribution in [0.2, 0.25) is 0 Å². The number of nitrogens with two attached hydrogens (primary N) is 1. The first-order chi connectivity index (χ1) is 12.7. The van der Waals surface area contributed by atoms with Gasteiger partial charge in [0.25, 0.3) is 0 Å². The molecule has 1 aliphatic heterocycles. The average Bonchev–Trinajstić information content (AvgIpc) is 2.68. The summed E-state index contributed by atoms with van der Waals surface area (Å²) in [5, 5.41) is 3.38. The van der Waals surface area contributed by atoms with Crippen molar-refractivity contribution in [1.29, 1.82) is 0 Å². The molecular formula is C20H26N4O2. The van der Waals surface area contributed by atoms with E-state index in [2.05, 4.69) is 27.2 Å². The van der Waals surface area contributed by atoms with Gasteiger partial charge in [0, 0.05) is 30.6 Å². The maximum absolute atomic E-state index is 11.4. The van der Waals surface area contributed by atoms with E-state index in [0.717, 1.165) is 49.4 Å². The third kappa shape index (κ3) is 4.79. The maximum Gasteiger partial charge on any atom is 0.323 e. The maximum atomic E-state index is 11.4. The van der Waals surface area contributed by atoms with Gasteiger partial charge in [-0.2, -0.15) is 0 Å². The van der Waals surface area contributed by atoms with Crippen LogP contribution in [-0.2, 0) is 35.2 Å². The number of hydrogen-bond donors (Lipinski definition) is 2. The van der Waals surface area contributed by atoms with Gasteiger partial charge in [-0.15, -0.1) is 0 Å². The van der Waals surface area contributed by atoms with Crippen LogP contribution in [0.1, 0.15) is 35.4 Å². The minimum absolute atomic E-state index is 0.388. The van der Waals surface area contributed by atoms with Crippen molar-refractivity contribution in [3.8, 4) is 0 Å². The minimum atomic E-state index is -0.665. The number of pyridine rings is 2. The number of rotatable bonds is 7. The third-order valence-electron chi connectivity index (χ3n) is 4.67. The van der Waals surface area contributed by atoms with Crippen LogP contribution in [0.3, 0.4) is 0 Å². The number of carbonyl (C=O) groups excluding carboxylic acids is 1. The fraction of sp³-hybridized carbons (Fsp3) is 0.450. The average molecular weight is 354 g/mol. The Hall–Kier alpha value is -2.47. The molecule has 26 heavy (non-hydrogen) atoms. The molecule has 3 N–H and O–H groups in total. The van der Waals surface area contributed by atoms with Crippen molar-refractivity contribution in [1.82, 2.24) is 9.97 Å². The highest BCUT2D eigenvalue weighted by atomic mass is 16.5. The van der Waals surface area contributed by atoms with Crippen LogP contribution in [0.25, 0.3) is 0 Å². The summed E-state index contributed by atoms with van der Waals surface area (Å²) in [7, 11) is 1.34. The summed E-state index contributed by atoms with van der Waals surface area (Å²) in [6, 6.07) is 7.65. The van der Waals surface area contributed by atoms with Crippen molar-refractivity contribution in [3.05, 3.63) is 53.0 Å². The zero-order valence-corrected chi connectivity index (χ0v) is 15.2. The largest absolute Gasteiger partial charge is 0.468 e. The van der Waals surface area contributed by atoms with E-state index in [1.807, 2.05) is 18.3 Å². The number of ether oxygens (including phenoxy) is 1. The van der Waals surface area contributed by atoms with E-state index in [4.69, 9.17) is 10.7 Å². The highest BCUT2D eigenvalue weighted by Crippen LogP contribution is 2.20. The van der Waals surface area contributed by atoms with Crippen LogP contribution in [-0.4, -0.2) is 35.6 Å². The molecule has 6 nitrogen and oxygen atoms in total. The van der Waals surface area contributed by atoms with Gasteiger partial charge in [-0.1, -0.05) is 12.1 Å². The van der Waals surface area contributed by atoms with Crippen molar-refractivity contribution in [2.75, 3.05) is 19.0 Å². The predicted octanol–water partition coefficient (Wildman–Crippen LogP) is 2.05. The lowest BCUT2D eigenvalue weighted by molar-refractivity contribution is -0.142. The Morgan fingerprint density at radius 3 is 2.88 bits per heavy atom. The second-order valence-electron chi connectivity index (χ2n) is 6.69. The van der Waals surface area contributed by atoms with Gasteiger partial charge in [0.2, 0.25) is 0 Å². The number of carbonyl (C=O) groups is 1. The summed E-state index contributed by atoms with van der Waals surface area (Å²) < 4.78 is 4.64. The zero-order chi connectivity index (χ0) is 18.4. The topological polar surface area (TPSA) is 90.1 Å². The van der Waals surface area contributed by atoms with Crippen LogP contribution >= 0.6 is 0 Å². The molecule has 0 aliphatic carbocycles. The molecule has 0 saturated heterocycles. The number of esters is 1. The quantitative estimate of drug-likeness (QED) is 0.740. The summed E-state index contributed by atoms with van der Waals surface area (Å²) in [6.07, 6.45) is 7.47. The lowest BCUT2D eigenvalue weighted by Gasteiger charge is -2.17. The SMILES string of the molecule is COC(=O)[C@@H](N)Cc1ccc(CCCc2ccc3c(n2)NCCC3)cn1. The van der Waals surface area contributed by atoms with Gasteiger partial charge in [0.05, 0.1) is 7.11 Å². The fourth-order valence-electron chi connectivity index (χ4n) is 3.17. The fourth-order valence-corrected chi connectivity index (χ4v) is 3.17. The number of nitrogens with one attached hydrogen (secondary N) is 1.